The molecule has 4 aromatic rings. The maximum absolute atomic E-state index is 13.8. The molecule has 212 valence electrons. The fraction of sp³-hybridized carbons (Fsp3) is 0.226. The van der Waals surface area contributed by atoms with Crippen LogP contribution in [0.5, 0.6) is 11.5 Å². The van der Waals surface area contributed by atoms with Crippen molar-refractivity contribution in [1.29, 1.82) is 0 Å². The van der Waals surface area contributed by atoms with Crippen molar-refractivity contribution in [1.82, 2.24) is 0 Å². The zero-order valence-corrected chi connectivity index (χ0v) is 23.6. The van der Waals surface area contributed by atoms with Crippen LogP contribution in [-0.4, -0.2) is 14.7 Å². The van der Waals surface area contributed by atoms with Gasteiger partial charge in [-0.3, -0.25) is 25.1 Å². The zero-order valence-electron chi connectivity index (χ0n) is 22.7. The van der Waals surface area contributed by atoms with Gasteiger partial charge in [-0.1, -0.05) is 0 Å². The van der Waals surface area contributed by atoms with Crippen LogP contribution in [0.1, 0.15) is 46.2 Å². The fourth-order valence-corrected chi connectivity index (χ4v) is 8.03. The van der Waals surface area contributed by atoms with Gasteiger partial charge in [-0.05, 0) is 109 Å². The molecule has 0 radical (unpaired) electrons. The number of phosphoric ester groups is 1. The fourth-order valence-electron chi connectivity index (χ4n) is 7.15. The number of hydrogen-bond acceptors (Lipinski definition) is 7. The third-order valence-electron chi connectivity index (χ3n) is 8.97. The van der Waals surface area contributed by atoms with E-state index in [1.165, 1.54) is 24.3 Å². The number of non-ortho nitro benzene ring substituents is 2. The van der Waals surface area contributed by atoms with Crippen molar-refractivity contribution in [2.75, 3.05) is 0 Å². The van der Waals surface area contributed by atoms with Gasteiger partial charge in [-0.25, -0.2) is 4.57 Å². The summed E-state index contributed by atoms with van der Waals surface area (Å²) in [5.41, 5.74) is 7.61. The van der Waals surface area contributed by atoms with Gasteiger partial charge in [0.25, 0.3) is 11.4 Å². The van der Waals surface area contributed by atoms with Crippen LogP contribution < -0.4 is 9.05 Å². The van der Waals surface area contributed by atoms with Crippen molar-refractivity contribution < 1.29 is 28.4 Å². The van der Waals surface area contributed by atoms with E-state index in [0.717, 1.165) is 59.1 Å². The summed E-state index contributed by atoms with van der Waals surface area (Å²) in [6.45, 7) is 4.01. The molecule has 7 rings (SSSR count). The first kappa shape index (κ1) is 26.4. The molecule has 1 N–H and O–H groups in total. The van der Waals surface area contributed by atoms with E-state index in [0.29, 0.717) is 22.3 Å². The molecule has 10 nitrogen and oxygen atoms in total. The van der Waals surface area contributed by atoms with Gasteiger partial charge in [0.1, 0.15) is 11.5 Å². The van der Waals surface area contributed by atoms with E-state index in [2.05, 4.69) is 0 Å². The van der Waals surface area contributed by atoms with Gasteiger partial charge < -0.3 is 9.05 Å². The Morgan fingerprint density at radius 1 is 0.738 bits per heavy atom. The molecule has 0 atom stereocenters. The minimum absolute atomic E-state index is 0.0588. The van der Waals surface area contributed by atoms with Crippen LogP contribution in [0.4, 0.5) is 11.4 Å². The van der Waals surface area contributed by atoms with E-state index < -0.39 is 23.1 Å². The maximum atomic E-state index is 13.8. The van der Waals surface area contributed by atoms with Gasteiger partial charge in [0, 0.05) is 51.9 Å². The first-order chi connectivity index (χ1) is 20.0. The van der Waals surface area contributed by atoms with Gasteiger partial charge in [0.05, 0.1) is 9.85 Å². The summed E-state index contributed by atoms with van der Waals surface area (Å²) >= 11 is 0. The Balaban J connectivity index is 1.52. The Bertz CT molecular complexity index is 1770. The molecule has 0 saturated carbocycles. The molecular formula is C31H25N2O8P. The lowest BCUT2D eigenvalue weighted by atomic mass is 9.73. The highest BCUT2D eigenvalue weighted by atomic mass is 31.2. The van der Waals surface area contributed by atoms with E-state index in [9.17, 15) is 29.7 Å². The first-order valence-corrected chi connectivity index (χ1v) is 15.0. The summed E-state index contributed by atoms with van der Waals surface area (Å²) in [5, 5.41) is 22.5. The Kier molecular flexibility index (Phi) is 5.64. The number of nitrogens with zero attached hydrogens (tertiary/aromatic N) is 2. The molecule has 0 fully saturated rings. The molecule has 4 aromatic carbocycles. The van der Waals surface area contributed by atoms with Crippen molar-refractivity contribution >= 4 is 19.2 Å². The predicted octanol–water partition coefficient (Wildman–Crippen LogP) is 7.50. The van der Waals surface area contributed by atoms with Gasteiger partial charge in [-0.2, -0.15) is 0 Å². The maximum Gasteiger partial charge on any atom is 0.584 e. The van der Waals surface area contributed by atoms with Crippen LogP contribution in [-0.2, 0) is 22.8 Å². The summed E-state index contributed by atoms with van der Waals surface area (Å²) in [6, 6.07) is 15.9. The number of nitro groups is 2. The average molecular weight is 585 g/mol. The normalized spacial score (nSPS) is 16.8. The minimum Gasteiger partial charge on any atom is -0.394 e. The van der Waals surface area contributed by atoms with Crippen molar-refractivity contribution in [2.45, 2.75) is 44.9 Å². The van der Waals surface area contributed by atoms with Gasteiger partial charge in [-0.15, -0.1) is 0 Å². The van der Waals surface area contributed by atoms with Crippen LogP contribution in [0.15, 0.2) is 60.7 Å². The first-order valence-electron chi connectivity index (χ1n) is 13.5. The standard InChI is InChI=1S/C31H25N2O8P/c1-17-15-25(19-3-7-21(8-4-19)32(34)35)29-27-23(17)11-13-31(27)14-12-24-18(2)16-26(20-5-9-22(10-6-20)33(36)37)30(28(24)31)41-42(38,39)40-29/h3-10,15-16H,11-14H2,1-2H3,(H,38,39). The molecular weight excluding hydrogens is 559 g/mol. The van der Waals surface area contributed by atoms with Crippen molar-refractivity contribution in [3.8, 4) is 33.8 Å². The summed E-state index contributed by atoms with van der Waals surface area (Å²) in [4.78, 5) is 32.8. The Labute approximate surface area is 240 Å². The molecule has 0 amide bonds. The Morgan fingerprint density at radius 2 is 1.12 bits per heavy atom. The van der Waals surface area contributed by atoms with Crippen molar-refractivity contribution in [3.63, 3.8) is 0 Å². The average Bonchev–Trinajstić information content (AvgIpc) is 3.53. The number of aryl methyl sites for hydroxylation is 2. The highest BCUT2D eigenvalue weighted by Gasteiger charge is 2.53. The quantitative estimate of drug-likeness (QED) is 0.148. The van der Waals surface area contributed by atoms with Crippen LogP contribution in [0, 0.1) is 34.1 Å². The predicted molar refractivity (Wildman–Crippen MR) is 155 cm³/mol. The summed E-state index contributed by atoms with van der Waals surface area (Å²) < 4.78 is 25.7. The lowest BCUT2D eigenvalue weighted by Crippen LogP contribution is -2.25. The number of phosphoric acid groups is 1. The van der Waals surface area contributed by atoms with Crippen LogP contribution in [0.2, 0.25) is 0 Å². The smallest absolute Gasteiger partial charge is 0.394 e. The second-order valence-electron chi connectivity index (χ2n) is 11.2. The minimum atomic E-state index is -4.75. The topological polar surface area (TPSA) is 142 Å². The molecule has 11 heteroatoms. The lowest BCUT2D eigenvalue weighted by Gasteiger charge is -2.35. The van der Waals surface area contributed by atoms with Crippen LogP contribution in [0.25, 0.3) is 22.3 Å². The Morgan fingerprint density at radius 3 is 1.48 bits per heavy atom. The number of hydrogen-bond donors (Lipinski definition) is 1. The van der Waals surface area contributed by atoms with E-state index in [1.807, 2.05) is 26.0 Å². The van der Waals surface area contributed by atoms with E-state index in [4.69, 9.17) is 9.05 Å². The summed E-state index contributed by atoms with van der Waals surface area (Å²) in [7, 11) is -4.75. The lowest BCUT2D eigenvalue weighted by molar-refractivity contribution is -0.385. The Hall–Kier alpha value is -4.53. The summed E-state index contributed by atoms with van der Waals surface area (Å²) in [6.07, 6.45) is 3.00. The third kappa shape index (κ3) is 3.79. The monoisotopic (exact) mass is 584 g/mol. The van der Waals surface area contributed by atoms with E-state index >= 15 is 0 Å². The van der Waals surface area contributed by atoms with Crippen LogP contribution >= 0.6 is 7.82 Å². The molecule has 0 unspecified atom stereocenters. The highest BCUT2D eigenvalue weighted by Crippen LogP contribution is 2.66. The molecule has 0 bridgehead atoms. The number of rotatable bonds is 4. The molecule has 0 saturated heterocycles. The van der Waals surface area contributed by atoms with E-state index in [-0.39, 0.29) is 22.9 Å². The van der Waals surface area contributed by atoms with Crippen LogP contribution in [0.3, 0.4) is 0 Å². The zero-order chi connectivity index (χ0) is 29.6. The largest absolute Gasteiger partial charge is 0.584 e. The number of nitro benzene ring substituents is 2. The SMILES string of the molecule is Cc1cc(-c2ccc([N+](=O)[O-])cc2)c2c3c1CCC31CCc3c(C)cc(-c4ccc([N+](=O)[O-])cc4)c(c31)OP(=O)(O)O2. The van der Waals surface area contributed by atoms with Gasteiger partial charge >= 0.3 is 7.82 Å². The molecule has 1 spiro atoms. The van der Waals surface area contributed by atoms with Gasteiger partial charge in [0.2, 0.25) is 0 Å². The second kappa shape index (κ2) is 8.98. The molecule has 1 heterocycles. The summed E-state index contributed by atoms with van der Waals surface area (Å²) in [5.74, 6) is 0.536. The number of benzene rings is 4. The third-order valence-corrected chi connectivity index (χ3v) is 9.80. The second-order valence-corrected chi connectivity index (χ2v) is 12.5. The van der Waals surface area contributed by atoms with E-state index in [1.54, 1.807) is 24.3 Å². The molecule has 42 heavy (non-hydrogen) atoms. The molecule has 1 aliphatic heterocycles. The molecule has 2 aliphatic carbocycles. The van der Waals surface area contributed by atoms with Gasteiger partial charge in [0.15, 0.2) is 0 Å². The van der Waals surface area contributed by atoms with Crippen molar-refractivity contribution in [2.24, 2.45) is 0 Å². The molecule has 0 aromatic heterocycles. The highest BCUT2D eigenvalue weighted by molar-refractivity contribution is 7.48. The molecule has 3 aliphatic rings. The van der Waals surface area contributed by atoms with Crippen molar-refractivity contribution in [3.05, 3.63) is 114 Å².